The Morgan fingerprint density at radius 1 is 1.21 bits per heavy atom. The Kier molecular flexibility index (Phi) is 6.26. The van der Waals surface area contributed by atoms with Crippen LogP contribution in [0.3, 0.4) is 0 Å². The number of nitrogens with one attached hydrogen (secondary N) is 1. The number of aromatic nitrogens is 3. The Bertz CT molecular complexity index is 1220. The second kappa shape index (κ2) is 9.32. The van der Waals surface area contributed by atoms with E-state index < -0.39 is 15.9 Å². The molecule has 0 bridgehead atoms. The predicted octanol–water partition coefficient (Wildman–Crippen LogP) is 3.89. The van der Waals surface area contributed by atoms with Crippen LogP contribution in [0.5, 0.6) is 0 Å². The van der Waals surface area contributed by atoms with Crippen molar-refractivity contribution in [2.24, 2.45) is 5.92 Å². The van der Waals surface area contributed by atoms with Gasteiger partial charge >= 0.3 is 0 Å². The highest BCUT2D eigenvalue weighted by molar-refractivity contribution is 7.91. The predicted molar refractivity (Wildman–Crippen MR) is 123 cm³/mol. The fourth-order valence-corrected chi connectivity index (χ4v) is 7.28. The first-order valence-electron chi connectivity index (χ1n) is 11.1. The summed E-state index contributed by atoms with van der Waals surface area (Å²) in [5.74, 6) is 0.745. The van der Waals surface area contributed by atoms with E-state index in [1.54, 1.807) is 36.0 Å². The zero-order valence-corrected chi connectivity index (χ0v) is 19.6. The molecule has 9 nitrogen and oxygen atoms in total. The van der Waals surface area contributed by atoms with Crippen LogP contribution < -0.4 is 5.32 Å². The summed E-state index contributed by atoms with van der Waals surface area (Å²) >= 11 is 1.14. The number of amides is 1. The molecule has 1 aliphatic heterocycles. The number of anilines is 1. The molecule has 4 heterocycles. The molecule has 1 atom stereocenters. The number of hydrogen-bond acceptors (Lipinski definition) is 8. The third-order valence-corrected chi connectivity index (χ3v) is 9.54. The van der Waals surface area contributed by atoms with E-state index in [1.165, 1.54) is 17.1 Å². The Balaban J connectivity index is 1.28. The van der Waals surface area contributed by atoms with Crippen molar-refractivity contribution in [3.63, 3.8) is 0 Å². The van der Waals surface area contributed by atoms with Crippen LogP contribution in [-0.4, -0.2) is 46.8 Å². The van der Waals surface area contributed by atoms with Gasteiger partial charge in [0.1, 0.15) is 4.21 Å². The third kappa shape index (κ3) is 4.71. The molecule has 1 saturated heterocycles. The summed E-state index contributed by atoms with van der Waals surface area (Å²) in [5, 5.41) is 8.64. The molecule has 3 aromatic rings. The lowest BCUT2D eigenvalue weighted by Gasteiger charge is -2.30. The van der Waals surface area contributed by atoms with Crippen molar-refractivity contribution in [3.05, 3.63) is 41.9 Å². The minimum atomic E-state index is -3.72. The quantitative estimate of drug-likeness (QED) is 0.560. The van der Waals surface area contributed by atoms with Gasteiger partial charge in [0.05, 0.1) is 17.8 Å². The molecular weight excluding hydrogens is 462 g/mol. The van der Waals surface area contributed by atoms with E-state index in [-0.39, 0.29) is 16.7 Å². The zero-order chi connectivity index (χ0) is 22.8. The van der Waals surface area contributed by atoms with Crippen LogP contribution >= 0.6 is 11.3 Å². The lowest BCUT2D eigenvalue weighted by Crippen LogP contribution is -2.43. The lowest BCUT2D eigenvalue weighted by molar-refractivity contribution is -0.120. The Labute approximate surface area is 196 Å². The van der Waals surface area contributed by atoms with Gasteiger partial charge in [0.2, 0.25) is 17.6 Å². The van der Waals surface area contributed by atoms with Crippen LogP contribution in [-0.2, 0) is 14.8 Å². The van der Waals surface area contributed by atoms with Gasteiger partial charge < -0.3 is 9.84 Å². The van der Waals surface area contributed by atoms with E-state index in [9.17, 15) is 13.2 Å². The largest absolute Gasteiger partial charge is 0.339 e. The SMILES string of the molecule is O=C(Nc1cccnc1)[C@@H]1CCCN(S(=O)(=O)c2cc(-c3noc(C4CCCC4)n3)cs2)C1. The average Bonchev–Trinajstić information content (AvgIpc) is 3.61. The molecule has 0 spiro atoms. The van der Waals surface area contributed by atoms with Crippen molar-refractivity contribution in [1.29, 1.82) is 0 Å². The molecule has 174 valence electrons. The van der Waals surface area contributed by atoms with Crippen LogP contribution in [0.2, 0.25) is 0 Å². The summed E-state index contributed by atoms with van der Waals surface area (Å²) in [6.45, 7) is 0.538. The maximum atomic E-state index is 13.3. The van der Waals surface area contributed by atoms with Crippen LogP contribution in [0.4, 0.5) is 5.69 Å². The molecule has 5 rings (SSSR count). The minimum absolute atomic E-state index is 0.149. The van der Waals surface area contributed by atoms with E-state index in [2.05, 4.69) is 20.4 Å². The number of carbonyl (C=O) groups is 1. The highest BCUT2D eigenvalue weighted by atomic mass is 32.2. The number of carbonyl (C=O) groups excluding carboxylic acids is 1. The molecule has 0 radical (unpaired) electrons. The summed E-state index contributed by atoms with van der Waals surface area (Å²) in [6, 6.07) is 5.09. The summed E-state index contributed by atoms with van der Waals surface area (Å²) < 4.78 is 33.7. The van der Waals surface area contributed by atoms with E-state index in [0.717, 1.165) is 24.2 Å². The highest BCUT2D eigenvalue weighted by Gasteiger charge is 2.34. The molecule has 0 unspecified atom stereocenters. The first-order chi connectivity index (χ1) is 16.0. The number of pyridine rings is 1. The van der Waals surface area contributed by atoms with E-state index >= 15 is 0 Å². The first-order valence-corrected chi connectivity index (χ1v) is 13.5. The van der Waals surface area contributed by atoms with Crippen molar-refractivity contribution in [2.75, 3.05) is 18.4 Å². The Morgan fingerprint density at radius 2 is 2.06 bits per heavy atom. The maximum Gasteiger partial charge on any atom is 0.252 e. The molecule has 1 N–H and O–H groups in total. The monoisotopic (exact) mass is 487 g/mol. The number of hydrogen-bond donors (Lipinski definition) is 1. The summed E-state index contributed by atoms with van der Waals surface area (Å²) in [4.78, 5) is 21.2. The van der Waals surface area contributed by atoms with Crippen molar-refractivity contribution >= 4 is 33.0 Å². The van der Waals surface area contributed by atoms with Crippen molar-refractivity contribution in [1.82, 2.24) is 19.4 Å². The van der Waals surface area contributed by atoms with Gasteiger partial charge in [-0.15, -0.1) is 11.3 Å². The van der Waals surface area contributed by atoms with Crippen LogP contribution in [0, 0.1) is 5.92 Å². The Hall–Kier alpha value is -2.63. The fourth-order valence-electron chi connectivity index (χ4n) is 4.44. The molecular formula is C22H25N5O4S2. The Morgan fingerprint density at radius 3 is 2.85 bits per heavy atom. The number of rotatable bonds is 6. The average molecular weight is 488 g/mol. The molecule has 2 aliphatic rings. The maximum absolute atomic E-state index is 13.3. The van der Waals surface area contributed by atoms with Gasteiger partial charge in [-0.2, -0.15) is 9.29 Å². The van der Waals surface area contributed by atoms with E-state index in [0.29, 0.717) is 48.3 Å². The number of sulfonamides is 1. The number of thiophene rings is 1. The van der Waals surface area contributed by atoms with Crippen LogP contribution in [0.25, 0.3) is 11.4 Å². The van der Waals surface area contributed by atoms with Crippen molar-refractivity contribution < 1.29 is 17.7 Å². The van der Waals surface area contributed by atoms with Gasteiger partial charge in [-0.1, -0.05) is 18.0 Å². The summed E-state index contributed by atoms with van der Waals surface area (Å²) in [6.07, 6.45) is 8.90. The van der Waals surface area contributed by atoms with Gasteiger partial charge in [0, 0.05) is 36.1 Å². The second-order valence-corrected chi connectivity index (χ2v) is 11.6. The van der Waals surface area contributed by atoms with E-state index in [1.807, 2.05) is 0 Å². The van der Waals surface area contributed by atoms with Gasteiger partial charge in [-0.25, -0.2) is 8.42 Å². The molecule has 33 heavy (non-hydrogen) atoms. The molecule has 1 amide bonds. The van der Waals surface area contributed by atoms with Gasteiger partial charge in [-0.05, 0) is 43.9 Å². The second-order valence-electron chi connectivity index (χ2n) is 8.53. The molecule has 0 aromatic carbocycles. The van der Waals surface area contributed by atoms with Crippen molar-refractivity contribution in [2.45, 2.75) is 48.7 Å². The molecule has 3 aromatic heterocycles. The summed E-state index contributed by atoms with van der Waals surface area (Å²) in [5.41, 5.74) is 1.23. The minimum Gasteiger partial charge on any atom is -0.339 e. The normalized spacial score (nSPS) is 20.2. The van der Waals surface area contributed by atoms with Crippen molar-refractivity contribution in [3.8, 4) is 11.4 Å². The fraction of sp³-hybridized carbons (Fsp3) is 0.455. The molecule has 11 heteroatoms. The topological polar surface area (TPSA) is 118 Å². The highest BCUT2D eigenvalue weighted by Crippen LogP contribution is 2.35. The lowest BCUT2D eigenvalue weighted by atomic mass is 9.99. The number of piperidine rings is 1. The van der Waals surface area contributed by atoms with Gasteiger partial charge in [0.15, 0.2) is 0 Å². The van der Waals surface area contributed by atoms with Crippen LogP contribution in [0.1, 0.15) is 50.3 Å². The molecule has 2 fully saturated rings. The van der Waals surface area contributed by atoms with E-state index in [4.69, 9.17) is 4.52 Å². The third-order valence-electron chi connectivity index (χ3n) is 6.26. The van der Waals surface area contributed by atoms with Crippen LogP contribution in [0.15, 0.2) is 44.7 Å². The molecule has 1 saturated carbocycles. The smallest absolute Gasteiger partial charge is 0.252 e. The summed E-state index contributed by atoms with van der Waals surface area (Å²) in [7, 11) is -3.72. The standard InChI is InChI=1S/C22H25N5O4S2/c28-21(24-18-8-3-9-23-12-18)16-7-4-10-27(13-16)33(29,30)19-11-17(14-32-19)20-25-22(31-26-20)15-5-1-2-6-15/h3,8-9,11-12,14-16H,1-2,4-7,10,13H2,(H,24,28)/t16-/m1/s1. The number of nitrogens with zero attached hydrogens (tertiary/aromatic N) is 4. The van der Waals surface area contributed by atoms with Gasteiger partial charge in [-0.3, -0.25) is 9.78 Å². The molecule has 1 aliphatic carbocycles. The van der Waals surface area contributed by atoms with Gasteiger partial charge in [0.25, 0.3) is 10.0 Å². The first kappa shape index (κ1) is 22.2. The zero-order valence-electron chi connectivity index (χ0n) is 18.0.